The summed E-state index contributed by atoms with van der Waals surface area (Å²) in [6.07, 6.45) is 7.17. The van der Waals surface area contributed by atoms with E-state index in [0.29, 0.717) is 0 Å². The first kappa shape index (κ1) is 12.2. The summed E-state index contributed by atoms with van der Waals surface area (Å²) in [4.78, 5) is 0. The molecular formula is C12H22FP. The molecule has 1 fully saturated rings. The second-order valence-electron chi connectivity index (χ2n) is 4.54. The van der Waals surface area contributed by atoms with Gasteiger partial charge in [0.05, 0.1) is 0 Å². The normalized spacial score (nSPS) is 30.0. The van der Waals surface area contributed by atoms with Crippen LogP contribution in [0.3, 0.4) is 0 Å². The van der Waals surface area contributed by atoms with E-state index in [1.165, 1.54) is 25.7 Å². The van der Waals surface area contributed by atoms with Crippen LogP contribution in [0, 0.1) is 11.8 Å². The Labute approximate surface area is 89.6 Å². The average molecular weight is 216 g/mol. The fourth-order valence-electron chi connectivity index (χ4n) is 2.43. The van der Waals surface area contributed by atoms with Gasteiger partial charge in [-0.2, -0.15) is 0 Å². The molecule has 1 saturated carbocycles. The molecule has 0 radical (unpaired) electrons. The molecule has 0 heterocycles. The van der Waals surface area contributed by atoms with Crippen LogP contribution in [-0.2, 0) is 0 Å². The minimum Gasteiger partial charge on any atom is -0.211 e. The Morgan fingerprint density at radius 1 is 1.29 bits per heavy atom. The molecule has 1 unspecified atom stereocenters. The van der Waals surface area contributed by atoms with Crippen LogP contribution in [0.1, 0.15) is 52.4 Å². The van der Waals surface area contributed by atoms with Crippen molar-refractivity contribution in [3.05, 3.63) is 11.1 Å². The van der Waals surface area contributed by atoms with Gasteiger partial charge in [-0.15, -0.1) is 9.24 Å². The minimum atomic E-state index is 0.130. The van der Waals surface area contributed by atoms with Crippen LogP contribution >= 0.6 is 9.24 Å². The maximum Gasteiger partial charge on any atom is 0.106 e. The van der Waals surface area contributed by atoms with Gasteiger partial charge < -0.3 is 0 Å². The minimum absolute atomic E-state index is 0.130. The number of allylic oxidation sites excluding steroid dienone is 2. The van der Waals surface area contributed by atoms with Crippen LogP contribution in [0.5, 0.6) is 0 Å². The third-order valence-electron chi connectivity index (χ3n) is 3.28. The van der Waals surface area contributed by atoms with Gasteiger partial charge >= 0.3 is 0 Å². The molecule has 1 atom stereocenters. The van der Waals surface area contributed by atoms with Gasteiger partial charge in [0.1, 0.15) is 5.83 Å². The van der Waals surface area contributed by atoms with Gasteiger partial charge in [0.2, 0.25) is 0 Å². The molecule has 14 heavy (non-hydrogen) atoms. The Bertz CT molecular complexity index is 198. The van der Waals surface area contributed by atoms with Crippen molar-refractivity contribution in [3.8, 4) is 0 Å². The smallest absolute Gasteiger partial charge is 0.106 e. The maximum absolute atomic E-state index is 13.6. The number of hydrogen-bond donors (Lipinski definition) is 0. The van der Waals surface area contributed by atoms with E-state index in [0.717, 1.165) is 24.1 Å². The van der Waals surface area contributed by atoms with Crippen molar-refractivity contribution in [3.63, 3.8) is 0 Å². The summed E-state index contributed by atoms with van der Waals surface area (Å²) in [5, 5.41) is 0.795. The van der Waals surface area contributed by atoms with Crippen molar-refractivity contribution in [2.75, 3.05) is 0 Å². The van der Waals surface area contributed by atoms with E-state index < -0.39 is 0 Å². The highest BCUT2D eigenvalue weighted by atomic mass is 31.0. The summed E-state index contributed by atoms with van der Waals surface area (Å²) in [6.45, 7) is 4.08. The lowest BCUT2D eigenvalue weighted by atomic mass is 9.79. The molecule has 1 aliphatic rings. The quantitative estimate of drug-likeness (QED) is 0.601. The Balaban J connectivity index is 2.39. The summed E-state index contributed by atoms with van der Waals surface area (Å²) in [5.41, 5.74) is 0. The lowest BCUT2D eigenvalue weighted by Crippen LogP contribution is -2.15. The van der Waals surface area contributed by atoms with Crippen molar-refractivity contribution in [2.45, 2.75) is 52.4 Å². The highest BCUT2D eigenvalue weighted by Gasteiger charge is 2.23. The highest BCUT2D eigenvalue weighted by molar-refractivity contribution is 7.22. The van der Waals surface area contributed by atoms with Gasteiger partial charge in [-0.1, -0.05) is 19.8 Å². The molecule has 1 aliphatic carbocycles. The van der Waals surface area contributed by atoms with Gasteiger partial charge in [-0.05, 0) is 43.8 Å². The standard InChI is InChI=1S/C12H22FP/c1-3-4-10-5-7-11(8-6-10)12(13)9(2)14/h10-11H,3-8,14H2,1-2H3/b12-9+. The molecule has 0 aromatic rings. The van der Waals surface area contributed by atoms with Gasteiger partial charge in [0.15, 0.2) is 0 Å². The van der Waals surface area contributed by atoms with E-state index in [4.69, 9.17) is 0 Å². The second kappa shape index (κ2) is 5.85. The molecule has 0 nitrogen and oxygen atoms in total. The zero-order chi connectivity index (χ0) is 10.6. The molecule has 0 bridgehead atoms. The van der Waals surface area contributed by atoms with E-state index in [1.807, 2.05) is 6.92 Å². The van der Waals surface area contributed by atoms with Crippen molar-refractivity contribution >= 4 is 9.24 Å². The van der Waals surface area contributed by atoms with E-state index in [2.05, 4.69) is 16.2 Å². The average Bonchev–Trinajstić information content (AvgIpc) is 2.18. The van der Waals surface area contributed by atoms with Crippen molar-refractivity contribution in [1.82, 2.24) is 0 Å². The monoisotopic (exact) mass is 216 g/mol. The summed E-state index contributed by atoms with van der Waals surface area (Å²) in [7, 11) is 2.48. The van der Waals surface area contributed by atoms with Crippen LogP contribution < -0.4 is 0 Å². The molecule has 0 aliphatic heterocycles. The van der Waals surface area contributed by atoms with Crippen molar-refractivity contribution in [1.29, 1.82) is 0 Å². The first-order valence-electron chi connectivity index (χ1n) is 5.76. The van der Waals surface area contributed by atoms with Crippen molar-refractivity contribution < 1.29 is 4.39 Å². The zero-order valence-corrected chi connectivity index (χ0v) is 10.5. The molecular weight excluding hydrogens is 194 g/mol. The third kappa shape index (κ3) is 3.35. The summed E-state index contributed by atoms with van der Waals surface area (Å²) >= 11 is 0. The Morgan fingerprint density at radius 2 is 1.86 bits per heavy atom. The molecule has 0 aromatic carbocycles. The van der Waals surface area contributed by atoms with Crippen LogP contribution in [0.2, 0.25) is 0 Å². The Hall–Kier alpha value is 0.100. The number of halogens is 1. The molecule has 82 valence electrons. The van der Waals surface area contributed by atoms with E-state index in [-0.39, 0.29) is 11.7 Å². The zero-order valence-electron chi connectivity index (χ0n) is 9.35. The van der Waals surface area contributed by atoms with Gasteiger partial charge in [0, 0.05) is 5.92 Å². The Morgan fingerprint density at radius 3 is 2.29 bits per heavy atom. The fourth-order valence-corrected chi connectivity index (χ4v) is 2.67. The molecule has 1 rings (SSSR count). The lowest BCUT2D eigenvalue weighted by molar-refractivity contribution is 0.262. The highest BCUT2D eigenvalue weighted by Crippen LogP contribution is 2.37. The predicted octanol–water partition coefficient (Wildman–Crippen LogP) is 4.67. The van der Waals surface area contributed by atoms with Crippen LogP contribution in [-0.4, -0.2) is 0 Å². The number of hydrogen-bond acceptors (Lipinski definition) is 0. The third-order valence-corrected chi connectivity index (χ3v) is 3.55. The van der Waals surface area contributed by atoms with E-state index in [9.17, 15) is 4.39 Å². The largest absolute Gasteiger partial charge is 0.211 e. The SMILES string of the molecule is CCCC1CCC(/C(F)=C(/C)P)CC1. The van der Waals surface area contributed by atoms with E-state index >= 15 is 0 Å². The van der Waals surface area contributed by atoms with Crippen molar-refractivity contribution in [2.24, 2.45) is 11.8 Å². The summed E-state index contributed by atoms with van der Waals surface area (Å²) in [6, 6.07) is 0. The summed E-state index contributed by atoms with van der Waals surface area (Å²) < 4.78 is 13.6. The Kier molecular flexibility index (Phi) is 5.09. The first-order chi connectivity index (χ1) is 6.65. The molecule has 0 saturated heterocycles. The van der Waals surface area contributed by atoms with Gasteiger partial charge in [-0.25, -0.2) is 4.39 Å². The molecule has 0 aromatic heterocycles. The fraction of sp³-hybridized carbons (Fsp3) is 0.833. The maximum atomic E-state index is 13.6. The molecule has 0 amide bonds. The van der Waals surface area contributed by atoms with Crippen LogP contribution in [0.25, 0.3) is 0 Å². The molecule has 0 N–H and O–H groups in total. The van der Waals surface area contributed by atoms with Crippen LogP contribution in [0.4, 0.5) is 4.39 Å². The molecule has 0 spiro atoms. The predicted molar refractivity (Wildman–Crippen MR) is 63.9 cm³/mol. The van der Waals surface area contributed by atoms with Gasteiger partial charge in [0.25, 0.3) is 0 Å². The van der Waals surface area contributed by atoms with E-state index in [1.54, 1.807) is 0 Å². The first-order valence-corrected chi connectivity index (χ1v) is 6.34. The molecule has 2 heteroatoms. The summed E-state index contributed by atoms with van der Waals surface area (Å²) in [5.74, 6) is 1.22. The number of rotatable bonds is 3. The van der Waals surface area contributed by atoms with Gasteiger partial charge in [-0.3, -0.25) is 0 Å². The lowest BCUT2D eigenvalue weighted by Gasteiger charge is -2.27. The second-order valence-corrected chi connectivity index (χ2v) is 5.40. The van der Waals surface area contributed by atoms with Crippen LogP contribution in [0.15, 0.2) is 11.1 Å². The topological polar surface area (TPSA) is 0 Å².